The Kier molecular flexibility index (Phi) is 6.49. The smallest absolute Gasteiger partial charge is 0.256 e. The van der Waals surface area contributed by atoms with E-state index in [1.165, 1.54) is 4.90 Å². The molecule has 8 nitrogen and oxygen atoms in total. The van der Waals surface area contributed by atoms with E-state index >= 15 is 0 Å². The van der Waals surface area contributed by atoms with Crippen LogP contribution in [0.3, 0.4) is 0 Å². The highest BCUT2D eigenvalue weighted by Crippen LogP contribution is 2.26. The summed E-state index contributed by atoms with van der Waals surface area (Å²) in [6.45, 7) is 4.72. The molecule has 0 saturated carbocycles. The summed E-state index contributed by atoms with van der Waals surface area (Å²) >= 11 is 0. The number of amidine groups is 1. The van der Waals surface area contributed by atoms with E-state index in [-0.39, 0.29) is 23.7 Å². The lowest BCUT2D eigenvalue weighted by Gasteiger charge is -2.23. The van der Waals surface area contributed by atoms with Crippen LogP contribution >= 0.6 is 0 Å². The summed E-state index contributed by atoms with van der Waals surface area (Å²) in [5, 5.41) is 18.7. The number of hydrogen-bond donors (Lipinski definition) is 3. The Balaban J connectivity index is 1.46. The van der Waals surface area contributed by atoms with Gasteiger partial charge in [-0.2, -0.15) is 0 Å². The molecule has 0 fully saturated rings. The molecular formula is C26H26N6O2. The standard InChI is InChI=1S/C26H26N6O2/c1-17(2)32(16-27)24(28)22-9-6-10-23(29-22)30-25(33)19-11-12-20-14-31(15-21(20)13-19)26(34)18-7-4-3-5-8-18/h3-13,16-17,27-28H,14-15H2,1-2H3,(H,29,30,33). The van der Waals surface area contributed by atoms with Gasteiger partial charge in [-0.15, -0.1) is 0 Å². The Morgan fingerprint density at radius 2 is 1.74 bits per heavy atom. The number of carbonyl (C=O) groups excluding carboxylic acids is 2. The molecule has 2 amide bonds. The zero-order valence-corrected chi connectivity index (χ0v) is 19.1. The molecule has 0 spiro atoms. The van der Waals surface area contributed by atoms with Crippen LogP contribution in [0, 0.1) is 10.8 Å². The predicted octanol–water partition coefficient (Wildman–Crippen LogP) is 4.13. The van der Waals surface area contributed by atoms with Gasteiger partial charge in [0.2, 0.25) is 0 Å². The highest BCUT2D eigenvalue weighted by Gasteiger charge is 2.25. The van der Waals surface area contributed by atoms with Gasteiger partial charge < -0.3 is 15.1 Å². The van der Waals surface area contributed by atoms with E-state index in [0.717, 1.165) is 17.5 Å². The molecule has 1 aliphatic rings. The van der Waals surface area contributed by atoms with Crippen molar-refractivity contribution in [2.45, 2.75) is 33.0 Å². The molecule has 0 bridgehead atoms. The number of aromatic nitrogens is 1. The van der Waals surface area contributed by atoms with Crippen molar-refractivity contribution in [3.63, 3.8) is 0 Å². The largest absolute Gasteiger partial charge is 0.330 e. The van der Waals surface area contributed by atoms with E-state index in [0.29, 0.717) is 35.7 Å². The van der Waals surface area contributed by atoms with Crippen LogP contribution in [0.2, 0.25) is 0 Å². The predicted molar refractivity (Wildman–Crippen MR) is 131 cm³/mol. The fraction of sp³-hybridized carbons (Fsp3) is 0.192. The average Bonchev–Trinajstić information content (AvgIpc) is 3.28. The summed E-state index contributed by atoms with van der Waals surface area (Å²) in [6, 6.07) is 19.6. The molecule has 0 atom stereocenters. The van der Waals surface area contributed by atoms with Crippen molar-refractivity contribution in [2.75, 3.05) is 5.32 Å². The molecule has 0 saturated heterocycles. The number of carbonyl (C=O) groups is 2. The van der Waals surface area contributed by atoms with Crippen LogP contribution in [0.15, 0.2) is 66.7 Å². The van der Waals surface area contributed by atoms with E-state index in [1.807, 2.05) is 44.2 Å². The van der Waals surface area contributed by atoms with Crippen LogP contribution in [0.4, 0.5) is 5.82 Å². The maximum Gasteiger partial charge on any atom is 0.256 e. The van der Waals surface area contributed by atoms with Crippen molar-refractivity contribution in [1.29, 1.82) is 10.8 Å². The number of anilines is 1. The maximum atomic E-state index is 12.9. The fourth-order valence-electron chi connectivity index (χ4n) is 3.87. The quantitative estimate of drug-likeness (QED) is 0.384. The monoisotopic (exact) mass is 454 g/mol. The van der Waals surface area contributed by atoms with Crippen LogP contribution in [-0.2, 0) is 13.1 Å². The Labute approximate surface area is 198 Å². The highest BCUT2D eigenvalue weighted by atomic mass is 16.2. The zero-order chi connectivity index (χ0) is 24.2. The molecule has 3 aromatic rings. The third-order valence-electron chi connectivity index (χ3n) is 5.69. The number of amides is 2. The van der Waals surface area contributed by atoms with Crippen molar-refractivity contribution in [1.82, 2.24) is 14.8 Å². The lowest BCUT2D eigenvalue weighted by Crippen LogP contribution is -2.36. The molecule has 0 aliphatic carbocycles. The minimum atomic E-state index is -0.320. The first kappa shape index (κ1) is 22.8. The molecular weight excluding hydrogens is 428 g/mol. The number of fused-ring (bicyclic) bond motifs is 1. The number of nitrogens with zero attached hydrogens (tertiary/aromatic N) is 3. The van der Waals surface area contributed by atoms with E-state index < -0.39 is 0 Å². The molecule has 8 heteroatoms. The third kappa shape index (κ3) is 4.71. The van der Waals surface area contributed by atoms with E-state index in [2.05, 4.69) is 10.3 Å². The van der Waals surface area contributed by atoms with Gasteiger partial charge in [-0.3, -0.25) is 20.4 Å². The van der Waals surface area contributed by atoms with Crippen LogP contribution in [0.1, 0.15) is 51.4 Å². The molecule has 1 aliphatic heterocycles. The fourth-order valence-corrected chi connectivity index (χ4v) is 3.87. The van der Waals surface area contributed by atoms with Gasteiger partial charge in [-0.1, -0.05) is 30.3 Å². The van der Waals surface area contributed by atoms with E-state index in [4.69, 9.17) is 10.8 Å². The second-order valence-corrected chi connectivity index (χ2v) is 8.35. The molecule has 2 heterocycles. The van der Waals surface area contributed by atoms with Crippen molar-refractivity contribution in [2.24, 2.45) is 0 Å². The van der Waals surface area contributed by atoms with Gasteiger partial charge in [0.1, 0.15) is 11.5 Å². The third-order valence-corrected chi connectivity index (χ3v) is 5.69. The molecule has 2 aromatic carbocycles. The van der Waals surface area contributed by atoms with Crippen molar-refractivity contribution in [3.05, 3.63) is 94.7 Å². The summed E-state index contributed by atoms with van der Waals surface area (Å²) in [5.74, 6) is 0.0512. The lowest BCUT2D eigenvalue weighted by atomic mass is 10.1. The Morgan fingerprint density at radius 3 is 2.44 bits per heavy atom. The lowest BCUT2D eigenvalue weighted by molar-refractivity contribution is 0.0751. The van der Waals surface area contributed by atoms with Gasteiger partial charge in [-0.25, -0.2) is 4.98 Å². The first-order valence-corrected chi connectivity index (χ1v) is 11.0. The number of rotatable bonds is 6. The molecule has 0 radical (unpaired) electrons. The molecule has 172 valence electrons. The van der Waals surface area contributed by atoms with Crippen LogP contribution in [-0.4, -0.2) is 44.8 Å². The van der Waals surface area contributed by atoms with Crippen LogP contribution in [0.5, 0.6) is 0 Å². The van der Waals surface area contributed by atoms with Crippen LogP contribution < -0.4 is 5.32 Å². The second kappa shape index (κ2) is 9.66. The summed E-state index contributed by atoms with van der Waals surface area (Å²) in [5.41, 5.74) is 3.44. The van der Waals surface area contributed by atoms with Gasteiger partial charge in [0.05, 0.1) is 6.34 Å². The summed E-state index contributed by atoms with van der Waals surface area (Å²) in [6.07, 6.45) is 1.09. The average molecular weight is 455 g/mol. The maximum absolute atomic E-state index is 12.9. The van der Waals surface area contributed by atoms with Gasteiger partial charge >= 0.3 is 0 Å². The number of pyridine rings is 1. The minimum Gasteiger partial charge on any atom is -0.330 e. The molecule has 3 N–H and O–H groups in total. The first-order chi connectivity index (χ1) is 16.4. The first-order valence-electron chi connectivity index (χ1n) is 11.0. The number of benzene rings is 2. The normalized spacial score (nSPS) is 12.3. The molecule has 34 heavy (non-hydrogen) atoms. The Hall–Kier alpha value is -4.33. The van der Waals surface area contributed by atoms with Crippen molar-refractivity contribution < 1.29 is 9.59 Å². The molecule has 0 unspecified atom stereocenters. The van der Waals surface area contributed by atoms with Gasteiger partial charge in [0, 0.05) is 30.3 Å². The number of hydrogen-bond acceptors (Lipinski definition) is 5. The van der Waals surface area contributed by atoms with Crippen molar-refractivity contribution >= 4 is 29.8 Å². The summed E-state index contributed by atoms with van der Waals surface area (Å²) < 4.78 is 0. The van der Waals surface area contributed by atoms with Gasteiger partial charge in [0.15, 0.2) is 5.84 Å². The molecule has 4 rings (SSSR count). The van der Waals surface area contributed by atoms with E-state index in [1.54, 1.807) is 41.3 Å². The Morgan fingerprint density at radius 1 is 1.00 bits per heavy atom. The topological polar surface area (TPSA) is 113 Å². The van der Waals surface area contributed by atoms with Crippen LogP contribution in [0.25, 0.3) is 0 Å². The summed E-state index contributed by atoms with van der Waals surface area (Å²) in [7, 11) is 0. The van der Waals surface area contributed by atoms with E-state index in [9.17, 15) is 9.59 Å². The second-order valence-electron chi connectivity index (χ2n) is 8.35. The zero-order valence-electron chi connectivity index (χ0n) is 19.1. The Bertz CT molecular complexity index is 1260. The summed E-state index contributed by atoms with van der Waals surface area (Å²) in [4.78, 5) is 33.3. The highest BCUT2D eigenvalue weighted by molar-refractivity contribution is 6.05. The SMILES string of the molecule is CC(C)N(C=N)C(=N)c1cccc(NC(=O)c2ccc3c(c2)CN(C(=O)c2ccccc2)C3)n1. The van der Waals surface area contributed by atoms with Gasteiger partial charge in [-0.05, 0) is 61.4 Å². The van der Waals surface area contributed by atoms with Crippen molar-refractivity contribution in [3.8, 4) is 0 Å². The number of nitrogens with one attached hydrogen (secondary N) is 3. The van der Waals surface area contributed by atoms with Gasteiger partial charge in [0.25, 0.3) is 11.8 Å². The molecule has 1 aromatic heterocycles. The minimum absolute atomic E-state index is 0.0355.